The third-order valence-corrected chi connectivity index (χ3v) is 3.75. The van der Waals surface area contributed by atoms with Crippen LogP contribution in [0, 0.1) is 29.1 Å². The Morgan fingerprint density at radius 1 is 0.938 bits per heavy atom. The topological polar surface area (TPSA) is 0 Å². The number of hydrogen-bond donors (Lipinski definition) is 0. The number of hydrogen-bond acceptors (Lipinski definition) is 0. The summed E-state index contributed by atoms with van der Waals surface area (Å²) in [6, 6.07) is 0. The van der Waals surface area contributed by atoms with Crippen molar-refractivity contribution in [1.29, 1.82) is 0 Å². The van der Waals surface area contributed by atoms with Gasteiger partial charge < -0.3 is 0 Å². The Morgan fingerprint density at radius 2 is 1.56 bits per heavy atom. The van der Waals surface area contributed by atoms with Gasteiger partial charge in [-0.1, -0.05) is 52.0 Å². The van der Waals surface area contributed by atoms with Gasteiger partial charge in [-0.3, -0.25) is 0 Å². The van der Waals surface area contributed by atoms with Gasteiger partial charge in [-0.05, 0) is 48.3 Å². The molecule has 90 valence electrons. The van der Waals surface area contributed by atoms with E-state index in [9.17, 15) is 0 Å². The molecule has 0 aromatic rings. The van der Waals surface area contributed by atoms with Gasteiger partial charge in [0.1, 0.15) is 0 Å². The summed E-state index contributed by atoms with van der Waals surface area (Å²) in [5.74, 6) is 3.93. The SMILES string of the molecule is C1=C[C@@H]2[C@H](C1)C[C@@H]1C=CC[C@@H]21.CC(C)(C)C. The normalized spacial score (nSPS) is 39.2. The Labute approximate surface area is 101 Å². The van der Waals surface area contributed by atoms with E-state index in [2.05, 4.69) is 52.0 Å². The average molecular weight is 218 g/mol. The molecule has 4 atom stereocenters. The fraction of sp³-hybridized carbons (Fsp3) is 0.750. The molecular weight excluding hydrogens is 192 g/mol. The van der Waals surface area contributed by atoms with Crippen LogP contribution in [0.2, 0.25) is 0 Å². The predicted octanol–water partition coefficient (Wildman–Crippen LogP) is 4.83. The number of fused-ring (bicyclic) bond motifs is 3. The highest BCUT2D eigenvalue weighted by Crippen LogP contribution is 2.51. The Morgan fingerprint density at radius 3 is 2.25 bits per heavy atom. The van der Waals surface area contributed by atoms with Crippen molar-refractivity contribution >= 4 is 0 Å². The summed E-state index contributed by atoms with van der Waals surface area (Å²) < 4.78 is 0. The van der Waals surface area contributed by atoms with Gasteiger partial charge in [0.05, 0.1) is 0 Å². The highest BCUT2D eigenvalue weighted by atomic mass is 14.5. The van der Waals surface area contributed by atoms with Crippen LogP contribution in [-0.2, 0) is 0 Å². The Kier molecular flexibility index (Phi) is 3.28. The molecule has 1 saturated carbocycles. The zero-order valence-corrected chi connectivity index (χ0v) is 11.2. The molecular formula is C16H26. The van der Waals surface area contributed by atoms with Crippen molar-refractivity contribution in [1.82, 2.24) is 0 Å². The zero-order chi connectivity index (χ0) is 11.8. The van der Waals surface area contributed by atoms with Crippen molar-refractivity contribution in [3.05, 3.63) is 24.3 Å². The third-order valence-electron chi connectivity index (χ3n) is 3.75. The van der Waals surface area contributed by atoms with E-state index in [0.717, 1.165) is 23.7 Å². The molecule has 0 saturated heterocycles. The molecule has 0 amide bonds. The van der Waals surface area contributed by atoms with E-state index < -0.39 is 0 Å². The lowest BCUT2D eigenvalue weighted by Crippen LogP contribution is -2.08. The van der Waals surface area contributed by atoms with Crippen LogP contribution < -0.4 is 0 Å². The highest BCUT2D eigenvalue weighted by molar-refractivity contribution is 5.16. The molecule has 3 rings (SSSR count). The van der Waals surface area contributed by atoms with Gasteiger partial charge in [-0.2, -0.15) is 0 Å². The van der Waals surface area contributed by atoms with E-state index >= 15 is 0 Å². The van der Waals surface area contributed by atoms with E-state index in [0.29, 0.717) is 5.41 Å². The smallest absolute Gasteiger partial charge is 0.0165 e. The number of allylic oxidation sites excluding steroid dienone is 4. The fourth-order valence-corrected chi connectivity index (χ4v) is 3.24. The Hall–Kier alpha value is -0.520. The van der Waals surface area contributed by atoms with Gasteiger partial charge in [0.2, 0.25) is 0 Å². The van der Waals surface area contributed by atoms with E-state index in [1.807, 2.05) is 0 Å². The van der Waals surface area contributed by atoms with Crippen molar-refractivity contribution in [2.75, 3.05) is 0 Å². The molecule has 0 unspecified atom stereocenters. The molecule has 0 N–H and O–H groups in total. The summed E-state index contributed by atoms with van der Waals surface area (Å²) in [7, 11) is 0. The van der Waals surface area contributed by atoms with Crippen LogP contribution in [0.25, 0.3) is 0 Å². The molecule has 0 aromatic carbocycles. The monoisotopic (exact) mass is 218 g/mol. The maximum atomic E-state index is 2.47. The first kappa shape index (κ1) is 12.0. The van der Waals surface area contributed by atoms with Crippen molar-refractivity contribution in [2.45, 2.75) is 47.0 Å². The molecule has 3 aliphatic carbocycles. The zero-order valence-electron chi connectivity index (χ0n) is 11.2. The maximum absolute atomic E-state index is 2.47. The van der Waals surface area contributed by atoms with Gasteiger partial charge in [0.15, 0.2) is 0 Å². The minimum atomic E-state index is 0.500. The first-order valence-electron chi connectivity index (χ1n) is 6.78. The second-order valence-corrected chi connectivity index (χ2v) is 7.23. The van der Waals surface area contributed by atoms with Crippen molar-refractivity contribution < 1.29 is 0 Å². The Bertz CT molecular complexity index is 284. The summed E-state index contributed by atoms with van der Waals surface area (Å²) in [6.45, 7) is 8.75. The minimum absolute atomic E-state index is 0.500. The van der Waals surface area contributed by atoms with Crippen LogP contribution in [0.1, 0.15) is 47.0 Å². The standard InChI is InChI=1S/C11H14.C5H12/c1-3-8-7-9-4-2-6-11(9)10(8)5-1;1-5(2,3)4/h1-3,6,8-11H,4-5,7H2;1-4H3/t8-,9+,10+,11+;/m0./s1. The number of rotatable bonds is 0. The lowest BCUT2D eigenvalue weighted by molar-refractivity contribution is 0.396. The highest BCUT2D eigenvalue weighted by Gasteiger charge is 2.42. The average Bonchev–Trinajstić information content (AvgIpc) is 2.68. The summed E-state index contributed by atoms with van der Waals surface area (Å²) in [5.41, 5.74) is 0.500. The second kappa shape index (κ2) is 4.39. The van der Waals surface area contributed by atoms with Crippen molar-refractivity contribution in [3.63, 3.8) is 0 Å². The van der Waals surface area contributed by atoms with Gasteiger partial charge in [-0.25, -0.2) is 0 Å². The van der Waals surface area contributed by atoms with Gasteiger partial charge in [-0.15, -0.1) is 0 Å². The molecule has 0 aromatic heterocycles. The fourth-order valence-electron chi connectivity index (χ4n) is 3.24. The predicted molar refractivity (Wildman–Crippen MR) is 71.2 cm³/mol. The van der Waals surface area contributed by atoms with Crippen LogP contribution in [0.4, 0.5) is 0 Å². The van der Waals surface area contributed by atoms with Gasteiger partial charge >= 0.3 is 0 Å². The van der Waals surface area contributed by atoms with Crippen molar-refractivity contribution in [3.8, 4) is 0 Å². The first-order chi connectivity index (χ1) is 7.45. The van der Waals surface area contributed by atoms with E-state index in [4.69, 9.17) is 0 Å². The maximum Gasteiger partial charge on any atom is -0.0165 e. The largest absolute Gasteiger partial charge is 0.0879 e. The lowest BCUT2D eigenvalue weighted by Gasteiger charge is -2.14. The molecule has 0 aliphatic heterocycles. The van der Waals surface area contributed by atoms with E-state index in [1.54, 1.807) is 0 Å². The van der Waals surface area contributed by atoms with Crippen LogP contribution in [-0.4, -0.2) is 0 Å². The van der Waals surface area contributed by atoms with Crippen LogP contribution in [0.5, 0.6) is 0 Å². The van der Waals surface area contributed by atoms with Crippen LogP contribution >= 0.6 is 0 Å². The summed E-state index contributed by atoms with van der Waals surface area (Å²) >= 11 is 0. The Balaban J connectivity index is 0.000000168. The summed E-state index contributed by atoms with van der Waals surface area (Å²) in [6.07, 6.45) is 13.9. The molecule has 16 heavy (non-hydrogen) atoms. The molecule has 1 fully saturated rings. The molecule has 0 radical (unpaired) electrons. The van der Waals surface area contributed by atoms with E-state index in [-0.39, 0.29) is 0 Å². The van der Waals surface area contributed by atoms with Crippen LogP contribution in [0.15, 0.2) is 24.3 Å². The second-order valence-electron chi connectivity index (χ2n) is 7.23. The molecule has 0 heteroatoms. The quantitative estimate of drug-likeness (QED) is 0.511. The molecule has 0 heterocycles. The van der Waals surface area contributed by atoms with Gasteiger partial charge in [0.25, 0.3) is 0 Å². The third kappa shape index (κ3) is 2.78. The lowest BCUT2D eigenvalue weighted by atomic mass is 9.90. The molecule has 0 bridgehead atoms. The van der Waals surface area contributed by atoms with Crippen molar-refractivity contribution in [2.24, 2.45) is 29.1 Å². The summed E-state index contributed by atoms with van der Waals surface area (Å²) in [4.78, 5) is 0. The minimum Gasteiger partial charge on any atom is -0.0879 e. The summed E-state index contributed by atoms with van der Waals surface area (Å²) in [5, 5.41) is 0. The molecule has 3 aliphatic rings. The van der Waals surface area contributed by atoms with E-state index in [1.165, 1.54) is 19.3 Å². The molecule has 0 nitrogen and oxygen atoms in total. The van der Waals surface area contributed by atoms with Crippen LogP contribution in [0.3, 0.4) is 0 Å². The molecule has 0 spiro atoms. The first-order valence-corrected chi connectivity index (χ1v) is 6.78. The van der Waals surface area contributed by atoms with Gasteiger partial charge in [0, 0.05) is 0 Å².